The second-order valence-corrected chi connectivity index (χ2v) is 3.95. The van der Waals surface area contributed by atoms with Crippen molar-refractivity contribution >= 4 is 5.97 Å². The highest BCUT2D eigenvalue weighted by atomic mass is 16.4. The van der Waals surface area contributed by atoms with E-state index in [4.69, 9.17) is 5.11 Å². The van der Waals surface area contributed by atoms with Gasteiger partial charge in [-0.05, 0) is 19.1 Å². The summed E-state index contributed by atoms with van der Waals surface area (Å²) < 4.78 is 1.70. The number of aromatic nitrogens is 2. The van der Waals surface area contributed by atoms with Gasteiger partial charge in [0.05, 0.1) is 12.2 Å². The van der Waals surface area contributed by atoms with Crippen molar-refractivity contribution in [1.29, 1.82) is 0 Å². The third kappa shape index (κ3) is 2.45. The van der Waals surface area contributed by atoms with Gasteiger partial charge >= 0.3 is 5.97 Å². The van der Waals surface area contributed by atoms with E-state index in [2.05, 4.69) is 4.98 Å². The Kier molecular flexibility index (Phi) is 3.23. The van der Waals surface area contributed by atoms with Crippen molar-refractivity contribution in [3.63, 3.8) is 0 Å². The van der Waals surface area contributed by atoms with Crippen molar-refractivity contribution in [2.24, 2.45) is 0 Å². The summed E-state index contributed by atoms with van der Waals surface area (Å²) in [6.07, 6.45) is 3.03. The Morgan fingerprint density at radius 3 is 2.83 bits per heavy atom. The van der Waals surface area contributed by atoms with Crippen molar-refractivity contribution in [2.75, 3.05) is 0 Å². The summed E-state index contributed by atoms with van der Waals surface area (Å²) in [7, 11) is 0. The van der Waals surface area contributed by atoms with Gasteiger partial charge < -0.3 is 9.67 Å². The number of rotatable bonds is 3. The lowest BCUT2D eigenvalue weighted by Crippen LogP contribution is -2.19. The van der Waals surface area contributed by atoms with E-state index in [-0.39, 0.29) is 5.56 Å². The summed E-state index contributed by atoms with van der Waals surface area (Å²) in [4.78, 5) is 26.6. The van der Waals surface area contributed by atoms with Crippen LogP contribution in [0, 0.1) is 6.92 Å². The fourth-order valence-electron chi connectivity index (χ4n) is 1.67. The molecular weight excluding hydrogens is 232 g/mol. The van der Waals surface area contributed by atoms with Crippen molar-refractivity contribution in [3.05, 3.63) is 63.8 Å². The molecular formula is C13H12N2O3. The van der Waals surface area contributed by atoms with Crippen molar-refractivity contribution in [2.45, 2.75) is 13.5 Å². The van der Waals surface area contributed by atoms with Crippen LogP contribution in [-0.4, -0.2) is 20.6 Å². The number of carboxylic acids is 1. The molecule has 2 aromatic heterocycles. The van der Waals surface area contributed by atoms with E-state index in [0.29, 0.717) is 12.2 Å². The van der Waals surface area contributed by atoms with E-state index in [1.165, 1.54) is 12.3 Å². The number of carbonyl (C=O) groups is 1. The Bertz CT molecular complexity index is 632. The van der Waals surface area contributed by atoms with Gasteiger partial charge in [0.15, 0.2) is 5.43 Å². The van der Waals surface area contributed by atoms with Gasteiger partial charge in [-0.25, -0.2) is 4.79 Å². The van der Waals surface area contributed by atoms with E-state index in [1.54, 1.807) is 17.7 Å². The Labute approximate surface area is 103 Å². The molecule has 0 saturated heterocycles. The van der Waals surface area contributed by atoms with Crippen molar-refractivity contribution in [1.82, 2.24) is 9.55 Å². The van der Waals surface area contributed by atoms with Gasteiger partial charge in [-0.15, -0.1) is 0 Å². The zero-order chi connectivity index (χ0) is 13.1. The maximum atomic E-state index is 11.5. The molecule has 5 nitrogen and oxygen atoms in total. The predicted molar refractivity (Wildman–Crippen MR) is 65.7 cm³/mol. The Morgan fingerprint density at radius 1 is 1.44 bits per heavy atom. The molecule has 0 unspecified atom stereocenters. The zero-order valence-corrected chi connectivity index (χ0v) is 9.83. The maximum absolute atomic E-state index is 11.5. The molecule has 0 radical (unpaired) electrons. The number of pyridine rings is 2. The lowest BCUT2D eigenvalue weighted by atomic mass is 10.2. The SMILES string of the molecule is Cc1cc(=O)c(C(=O)O)cn1Cc1ccccn1. The number of nitrogens with zero attached hydrogens (tertiary/aromatic N) is 2. The number of aromatic carboxylic acids is 1. The van der Waals surface area contributed by atoms with E-state index in [0.717, 1.165) is 5.69 Å². The normalized spacial score (nSPS) is 10.3. The van der Waals surface area contributed by atoms with Crippen LogP contribution in [0.15, 0.2) is 41.5 Å². The van der Waals surface area contributed by atoms with E-state index in [9.17, 15) is 9.59 Å². The Morgan fingerprint density at radius 2 is 2.22 bits per heavy atom. The standard InChI is InChI=1S/C13H12N2O3/c1-9-6-12(16)11(13(17)18)8-15(9)7-10-4-2-3-5-14-10/h2-6,8H,7H2,1H3,(H,17,18). The third-order valence-electron chi connectivity index (χ3n) is 2.63. The minimum atomic E-state index is -1.21. The molecule has 0 atom stereocenters. The molecule has 18 heavy (non-hydrogen) atoms. The van der Waals surface area contributed by atoms with Crippen LogP contribution in [0.5, 0.6) is 0 Å². The van der Waals surface area contributed by atoms with Gasteiger partial charge in [0.2, 0.25) is 0 Å². The number of hydrogen-bond donors (Lipinski definition) is 1. The lowest BCUT2D eigenvalue weighted by molar-refractivity contribution is 0.0694. The Balaban J connectivity index is 2.42. The molecule has 5 heteroatoms. The highest BCUT2D eigenvalue weighted by molar-refractivity contribution is 5.87. The van der Waals surface area contributed by atoms with Gasteiger partial charge in [0, 0.05) is 24.2 Å². The van der Waals surface area contributed by atoms with Gasteiger partial charge in [-0.1, -0.05) is 6.07 Å². The van der Waals surface area contributed by atoms with Crippen molar-refractivity contribution in [3.8, 4) is 0 Å². The number of hydrogen-bond acceptors (Lipinski definition) is 3. The Hall–Kier alpha value is -2.43. The second-order valence-electron chi connectivity index (χ2n) is 3.95. The molecule has 0 saturated carbocycles. The van der Waals surface area contributed by atoms with Gasteiger partial charge in [-0.2, -0.15) is 0 Å². The molecule has 1 N–H and O–H groups in total. The summed E-state index contributed by atoms with van der Waals surface area (Å²) in [6.45, 7) is 2.20. The number of aryl methyl sites for hydroxylation is 1. The average Bonchev–Trinajstić information content (AvgIpc) is 2.33. The fourth-order valence-corrected chi connectivity index (χ4v) is 1.67. The molecule has 0 fully saturated rings. The molecule has 92 valence electrons. The quantitative estimate of drug-likeness (QED) is 0.883. The largest absolute Gasteiger partial charge is 0.477 e. The molecule has 0 aliphatic carbocycles. The molecule has 0 amide bonds. The summed E-state index contributed by atoms with van der Waals surface area (Å²) in [5.74, 6) is -1.21. The van der Waals surface area contributed by atoms with Crippen LogP contribution in [0.3, 0.4) is 0 Å². The van der Waals surface area contributed by atoms with Crippen LogP contribution in [0.2, 0.25) is 0 Å². The van der Waals surface area contributed by atoms with Crippen LogP contribution in [0.25, 0.3) is 0 Å². The molecule has 0 aromatic carbocycles. The van der Waals surface area contributed by atoms with Gasteiger partial charge in [0.1, 0.15) is 5.56 Å². The first kappa shape index (κ1) is 12.0. The number of carboxylic acid groups (broad SMARTS) is 1. The summed E-state index contributed by atoms with van der Waals surface area (Å²) in [6, 6.07) is 6.84. The molecule has 0 aliphatic heterocycles. The predicted octanol–water partition coefficient (Wildman–Crippen LogP) is 1.30. The summed E-state index contributed by atoms with van der Waals surface area (Å²) in [5, 5.41) is 8.92. The average molecular weight is 244 g/mol. The molecule has 0 aliphatic rings. The molecule has 0 bridgehead atoms. The van der Waals surface area contributed by atoms with E-state index < -0.39 is 11.4 Å². The minimum Gasteiger partial charge on any atom is -0.477 e. The topological polar surface area (TPSA) is 72.2 Å². The summed E-state index contributed by atoms with van der Waals surface area (Å²) >= 11 is 0. The first-order chi connectivity index (χ1) is 8.58. The first-order valence-electron chi connectivity index (χ1n) is 5.42. The fraction of sp³-hybridized carbons (Fsp3) is 0.154. The second kappa shape index (κ2) is 4.83. The van der Waals surface area contributed by atoms with Crippen LogP contribution >= 0.6 is 0 Å². The molecule has 2 rings (SSSR count). The molecule has 2 aromatic rings. The summed E-state index contributed by atoms with van der Waals surface area (Å²) in [5.41, 5.74) is 0.810. The monoisotopic (exact) mass is 244 g/mol. The highest BCUT2D eigenvalue weighted by Crippen LogP contribution is 2.04. The van der Waals surface area contributed by atoms with Crippen LogP contribution in [0.1, 0.15) is 21.7 Å². The highest BCUT2D eigenvalue weighted by Gasteiger charge is 2.10. The van der Waals surface area contributed by atoms with Crippen LogP contribution in [0.4, 0.5) is 0 Å². The smallest absolute Gasteiger partial charge is 0.341 e. The van der Waals surface area contributed by atoms with Crippen molar-refractivity contribution < 1.29 is 9.90 Å². The lowest BCUT2D eigenvalue weighted by Gasteiger charge is -2.10. The first-order valence-corrected chi connectivity index (χ1v) is 5.42. The van der Waals surface area contributed by atoms with E-state index >= 15 is 0 Å². The van der Waals surface area contributed by atoms with Crippen LogP contribution in [-0.2, 0) is 6.54 Å². The zero-order valence-electron chi connectivity index (χ0n) is 9.83. The van der Waals surface area contributed by atoms with Gasteiger partial charge in [-0.3, -0.25) is 9.78 Å². The maximum Gasteiger partial charge on any atom is 0.341 e. The minimum absolute atomic E-state index is 0.225. The van der Waals surface area contributed by atoms with Gasteiger partial charge in [0.25, 0.3) is 0 Å². The third-order valence-corrected chi connectivity index (χ3v) is 2.63. The van der Waals surface area contributed by atoms with Crippen LogP contribution < -0.4 is 5.43 Å². The molecule has 0 spiro atoms. The molecule has 2 heterocycles. The van der Waals surface area contributed by atoms with E-state index in [1.807, 2.05) is 18.2 Å².